The Kier molecular flexibility index (Phi) is 4.01. The number of nitrogens with zero attached hydrogens (tertiary/aromatic N) is 2. The van der Waals surface area contributed by atoms with Crippen LogP contribution in [0, 0.1) is 8.99 Å². The van der Waals surface area contributed by atoms with Crippen LogP contribution in [-0.4, -0.2) is 15.4 Å². The molecule has 0 spiro atoms. The quantitative estimate of drug-likeness (QED) is 0.511. The van der Waals surface area contributed by atoms with Crippen LogP contribution >= 0.6 is 34.2 Å². The van der Waals surface area contributed by atoms with Crippen molar-refractivity contribution in [1.29, 1.82) is 0 Å². The third-order valence-corrected chi connectivity index (χ3v) is 5.42. The summed E-state index contributed by atoms with van der Waals surface area (Å²) in [5.41, 5.74) is 2.72. The molecule has 1 aromatic heterocycles. The number of alkyl halides is 1. The molecule has 0 aliphatic heterocycles. The molecule has 108 valence electrons. The second-order valence-electron chi connectivity index (χ2n) is 6.37. The summed E-state index contributed by atoms with van der Waals surface area (Å²) >= 11 is 8.34. The van der Waals surface area contributed by atoms with E-state index in [2.05, 4.69) is 59.2 Å². The Morgan fingerprint density at radius 3 is 2.90 bits per heavy atom. The largest absolute Gasteiger partial charge is 0.324 e. The molecule has 2 aromatic rings. The fourth-order valence-electron chi connectivity index (χ4n) is 3.52. The number of aryl methyl sites for hydroxylation is 1. The molecule has 0 amide bonds. The van der Waals surface area contributed by atoms with E-state index in [1.807, 2.05) is 0 Å². The first kappa shape index (κ1) is 14.6. The lowest BCUT2D eigenvalue weighted by atomic mass is 9.87. The van der Waals surface area contributed by atoms with E-state index in [-0.39, 0.29) is 0 Å². The summed E-state index contributed by atoms with van der Waals surface area (Å²) in [5.74, 6) is 1.78. The lowest BCUT2D eigenvalue weighted by Gasteiger charge is -2.30. The molecule has 1 unspecified atom stereocenters. The normalized spacial score (nSPS) is 21.7. The average Bonchev–Trinajstić information content (AvgIpc) is 2.88. The van der Waals surface area contributed by atoms with E-state index in [1.165, 1.54) is 28.3 Å². The van der Waals surface area contributed by atoms with Gasteiger partial charge in [-0.1, -0.05) is 20.3 Å². The maximum atomic E-state index is 5.99. The predicted molar refractivity (Wildman–Crippen MR) is 93.5 cm³/mol. The van der Waals surface area contributed by atoms with Gasteiger partial charge in [-0.2, -0.15) is 0 Å². The summed E-state index contributed by atoms with van der Waals surface area (Å²) in [4.78, 5) is 4.85. The van der Waals surface area contributed by atoms with E-state index in [9.17, 15) is 0 Å². The Morgan fingerprint density at radius 1 is 1.45 bits per heavy atom. The number of hydrogen-bond acceptors (Lipinski definition) is 1. The van der Waals surface area contributed by atoms with Gasteiger partial charge in [0.25, 0.3) is 0 Å². The zero-order chi connectivity index (χ0) is 14.3. The van der Waals surface area contributed by atoms with E-state index in [0.29, 0.717) is 17.3 Å². The van der Waals surface area contributed by atoms with Crippen LogP contribution in [0.5, 0.6) is 0 Å². The Bertz CT molecular complexity index is 633. The lowest BCUT2D eigenvalue weighted by molar-refractivity contribution is 0.261. The fraction of sp³-hybridized carbons (Fsp3) is 0.562. The molecular weight excluding hydrogens is 383 g/mol. The predicted octanol–water partition coefficient (Wildman–Crippen LogP) is 5.17. The van der Waals surface area contributed by atoms with Crippen LogP contribution in [0.15, 0.2) is 18.2 Å². The van der Waals surface area contributed by atoms with Gasteiger partial charge in [0.15, 0.2) is 0 Å². The number of aromatic nitrogens is 2. The second kappa shape index (κ2) is 5.48. The van der Waals surface area contributed by atoms with Crippen molar-refractivity contribution in [2.75, 3.05) is 5.88 Å². The summed E-state index contributed by atoms with van der Waals surface area (Å²) in [6.07, 6.45) is 4.70. The molecule has 1 heterocycles. The lowest BCUT2D eigenvalue weighted by Crippen LogP contribution is -2.23. The van der Waals surface area contributed by atoms with Crippen LogP contribution in [0.2, 0.25) is 0 Å². The van der Waals surface area contributed by atoms with Crippen LogP contribution in [-0.2, 0) is 6.42 Å². The SMILES string of the molecule is CC1(C)CCCC1n1c(CCCl)nc2cc(I)ccc21. The number of imidazole rings is 1. The molecule has 1 atom stereocenters. The smallest absolute Gasteiger partial charge is 0.111 e. The zero-order valence-electron chi connectivity index (χ0n) is 12.0. The third-order valence-electron chi connectivity index (χ3n) is 4.56. The number of hydrogen-bond donors (Lipinski definition) is 0. The molecule has 0 N–H and O–H groups in total. The van der Waals surface area contributed by atoms with Gasteiger partial charge in [-0.15, -0.1) is 11.6 Å². The molecular formula is C16H20ClIN2. The number of benzene rings is 1. The van der Waals surface area contributed by atoms with Gasteiger partial charge in [-0.3, -0.25) is 0 Å². The van der Waals surface area contributed by atoms with E-state index >= 15 is 0 Å². The molecule has 3 rings (SSSR count). The summed E-state index contributed by atoms with van der Waals surface area (Å²) < 4.78 is 3.71. The minimum atomic E-state index is 0.345. The molecule has 1 aliphatic rings. The van der Waals surface area contributed by atoms with Gasteiger partial charge in [0.05, 0.1) is 11.0 Å². The van der Waals surface area contributed by atoms with E-state index < -0.39 is 0 Å². The van der Waals surface area contributed by atoms with Gasteiger partial charge in [0.1, 0.15) is 5.82 Å². The summed E-state index contributed by atoms with van der Waals surface area (Å²) in [7, 11) is 0. The average molecular weight is 403 g/mol. The highest BCUT2D eigenvalue weighted by atomic mass is 127. The molecule has 20 heavy (non-hydrogen) atoms. The van der Waals surface area contributed by atoms with Crippen LogP contribution in [0.3, 0.4) is 0 Å². The minimum absolute atomic E-state index is 0.345. The molecule has 1 aliphatic carbocycles. The minimum Gasteiger partial charge on any atom is -0.324 e. The van der Waals surface area contributed by atoms with Gasteiger partial charge in [0, 0.05) is 21.9 Å². The van der Waals surface area contributed by atoms with E-state index in [1.54, 1.807) is 0 Å². The van der Waals surface area contributed by atoms with Crippen molar-refractivity contribution in [2.24, 2.45) is 5.41 Å². The van der Waals surface area contributed by atoms with Crippen molar-refractivity contribution < 1.29 is 0 Å². The topological polar surface area (TPSA) is 17.8 Å². The Balaban J connectivity index is 2.18. The van der Waals surface area contributed by atoms with Crippen LogP contribution in [0.25, 0.3) is 11.0 Å². The molecule has 2 nitrogen and oxygen atoms in total. The summed E-state index contributed by atoms with van der Waals surface area (Å²) in [5, 5.41) is 0. The van der Waals surface area contributed by atoms with Crippen molar-refractivity contribution >= 4 is 45.2 Å². The van der Waals surface area contributed by atoms with Crippen molar-refractivity contribution in [2.45, 2.75) is 45.6 Å². The Morgan fingerprint density at radius 2 is 2.25 bits per heavy atom. The number of halogens is 2. The van der Waals surface area contributed by atoms with Crippen molar-refractivity contribution in [3.8, 4) is 0 Å². The van der Waals surface area contributed by atoms with Crippen molar-refractivity contribution in [3.63, 3.8) is 0 Å². The first-order valence-corrected chi connectivity index (χ1v) is 8.86. The summed E-state index contributed by atoms with van der Waals surface area (Å²) in [6.45, 7) is 4.77. The van der Waals surface area contributed by atoms with Crippen LogP contribution in [0.1, 0.15) is 45.0 Å². The van der Waals surface area contributed by atoms with Gasteiger partial charge < -0.3 is 4.57 Å². The van der Waals surface area contributed by atoms with Crippen molar-refractivity contribution in [3.05, 3.63) is 27.6 Å². The van der Waals surface area contributed by atoms with Gasteiger partial charge in [-0.25, -0.2) is 4.98 Å². The van der Waals surface area contributed by atoms with Crippen LogP contribution in [0.4, 0.5) is 0 Å². The maximum absolute atomic E-state index is 5.99. The monoisotopic (exact) mass is 402 g/mol. The molecule has 1 fully saturated rings. The van der Waals surface area contributed by atoms with E-state index in [0.717, 1.165) is 17.8 Å². The fourth-order valence-corrected chi connectivity index (χ4v) is 4.16. The highest BCUT2D eigenvalue weighted by Gasteiger charge is 2.37. The molecule has 0 radical (unpaired) electrons. The van der Waals surface area contributed by atoms with Crippen LogP contribution < -0.4 is 0 Å². The molecule has 1 saturated carbocycles. The maximum Gasteiger partial charge on any atom is 0.111 e. The summed E-state index contributed by atoms with van der Waals surface area (Å²) in [6, 6.07) is 7.11. The molecule has 0 bridgehead atoms. The van der Waals surface area contributed by atoms with Crippen molar-refractivity contribution in [1.82, 2.24) is 9.55 Å². The highest BCUT2D eigenvalue weighted by molar-refractivity contribution is 14.1. The van der Waals surface area contributed by atoms with Gasteiger partial charge in [0.2, 0.25) is 0 Å². The van der Waals surface area contributed by atoms with Gasteiger partial charge in [-0.05, 0) is 59.0 Å². The zero-order valence-corrected chi connectivity index (χ0v) is 14.9. The molecule has 1 aromatic carbocycles. The number of fused-ring (bicyclic) bond motifs is 1. The first-order valence-electron chi connectivity index (χ1n) is 7.25. The second-order valence-corrected chi connectivity index (χ2v) is 7.99. The van der Waals surface area contributed by atoms with Gasteiger partial charge >= 0.3 is 0 Å². The standard InChI is InChI=1S/C16H20ClIN2/c1-16(2)8-3-4-14(16)20-13-6-5-11(18)10-12(13)19-15(20)7-9-17/h5-6,10,14H,3-4,7-9H2,1-2H3. The Labute approximate surface area is 139 Å². The van der Waals surface area contributed by atoms with E-state index in [4.69, 9.17) is 16.6 Å². The number of rotatable bonds is 3. The Hall–Kier alpha value is -0.290. The molecule has 0 saturated heterocycles. The molecule has 4 heteroatoms. The highest BCUT2D eigenvalue weighted by Crippen LogP contribution is 2.47. The third kappa shape index (κ3) is 2.47. The first-order chi connectivity index (χ1) is 9.53.